The Morgan fingerprint density at radius 3 is 2.54 bits per heavy atom. The molecule has 0 aliphatic heterocycles. The van der Waals surface area contributed by atoms with Crippen LogP contribution in [0.2, 0.25) is 0 Å². The predicted octanol–water partition coefficient (Wildman–Crippen LogP) is 4.03. The van der Waals surface area contributed by atoms with Gasteiger partial charge in [0.1, 0.15) is 11.7 Å². The van der Waals surface area contributed by atoms with Gasteiger partial charge in [-0.3, -0.25) is 9.59 Å². The van der Waals surface area contributed by atoms with Crippen LogP contribution < -0.4 is 10.7 Å². The van der Waals surface area contributed by atoms with E-state index in [2.05, 4.69) is 31.8 Å². The van der Waals surface area contributed by atoms with Gasteiger partial charge >= 0.3 is 0 Å². The molecule has 142 valence electrons. The standard InChI is InChI=1S/C21H18BrN3O3/c1-13(20(27)24-18-9-5-4-8-17(18)22)21(28)25-23-12-16-15-7-3-2-6-14(15)10-11-19(16)26/h2-13,26H,1H3,(H,24,27)(H,25,28)/b23-12+. The third-order valence-corrected chi connectivity index (χ3v) is 4.93. The highest BCUT2D eigenvalue weighted by Crippen LogP contribution is 2.25. The van der Waals surface area contributed by atoms with Crippen LogP contribution in [0.4, 0.5) is 5.69 Å². The molecule has 3 N–H and O–H groups in total. The van der Waals surface area contributed by atoms with Gasteiger partial charge in [-0.1, -0.05) is 42.5 Å². The van der Waals surface area contributed by atoms with Crippen LogP contribution in [0.1, 0.15) is 12.5 Å². The zero-order chi connectivity index (χ0) is 20.1. The number of hydrogen-bond acceptors (Lipinski definition) is 4. The van der Waals surface area contributed by atoms with E-state index in [0.717, 1.165) is 15.2 Å². The van der Waals surface area contributed by atoms with Crippen molar-refractivity contribution in [1.82, 2.24) is 5.43 Å². The number of rotatable bonds is 5. The molecule has 3 aromatic rings. The number of phenolic OH excluding ortho intramolecular Hbond substituents is 1. The number of carbonyl (C=O) groups is 2. The summed E-state index contributed by atoms with van der Waals surface area (Å²) in [5, 5.41) is 18.4. The SMILES string of the molecule is CC(C(=O)N/N=C/c1c(O)ccc2ccccc12)C(=O)Nc1ccccc1Br. The quantitative estimate of drug-likeness (QED) is 0.318. The van der Waals surface area contributed by atoms with Crippen molar-refractivity contribution in [3.8, 4) is 5.75 Å². The second-order valence-corrected chi connectivity index (χ2v) is 7.00. The zero-order valence-corrected chi connectivity index (χ0v) is 16.6. The monoisotopic (exact) mass is 439 g/mol. The van der Waals surface area contributed by atoms with E-state index >= 15 is 0 Å². The summed E-state index contributed by atoms with van der Waals surface area (Å²) in [5.41, 5.74) is 3.42. The van der Waals surface area contributed by atoms with Gasteiger partial charge in [0, 0.05) is 10.0 Å². The van der Waals surface area contributed by atoms with Crippen LogP contribution in [0.15, 0.2) is 70.2 Å². The molecule has 2 amide bonds. The number of phenols is 1. The number of aromatic hydroxyl groups is 1. The second kappa shape index (κ2) is 8.67. The fraction of sp³-hybridized carbons (Fsp3) is 0.0952. The molecular weight excluding hydrogens is 422 g/mol. The minimum atomic E-state index is -0.953. The van der Waals surface area contributed by atoms with Crippen LogP contribution >= 0.6 is 15.9 Å². The van der Waals surface area contributed by atoms with Gasteiger partial charge in [0.05, 0.1) is 11.9 Å². The van der Waals surface area contributed by atoms with Crippen molar-refractivity contribution in [2.45, 2.75) is 6.92 Å². The van der Waals surface area contributed by atoms with Crippen LogP contribution in [0.5, 0.6) is 5.75 Å². The molecule has 6 nitrogen and oxygen atoms in total. The van der Waals surface area contributed by atoms with Crippen LogP contribution in [-0.2, 0) is 9.59 Å². The van der Waals surface area contributed by atoms with E-state index in [4.69, 9.17) is 0 Å². The van der Waals surface area contributed by atoms with Gasteiger partial charge in [0.2, 0.25) is 5.91 Å². The normalized spacial score (nSPS) is 12.1. The van der Waals surface area contributed by atoms with Crippen molar-refractivity contribution in [3.05, 3.63) is 70.7 Å². The highest BCUT2D eigenvalue weighted by atomic mass is 79.9. The maximum atomic E-state index is 12.3. The Morgan fingerprint density at radius 2 is 1.75 bits per heavy atom. The Bertz CT molecular complexity index is 1070. The van der Waals surface area contributed by atoms with Crippen molar-refractivity contribution >= 4 is 50.4 Å². The number of para-hydroxylation sites is 1. The first-order chi connectivity index (χ1) is 13.5. The Kier molecular flexibility index (Phi) is 6.06. The molecule has 0 heterocycles. The molecular formula is C21H18BrN3O3. The molecule has 1 atom stereocenters. The Labute approximate surface area is 170 Å². The van der Waals surface area contributed by atoms with Crippen LogP contribution in [0, 0.1) is 5.92 Å². The number of anilines is 1. The largest absolute Gasteiger partial charge is 0.507 e. The van der Waals surface area contributed by atoms with Gasteiger partial charge in [0.15, 0.2) is 0 Å². The van der Waals surface area contributed by atoms with Crippen molar-refractivity contribution in [3.63, 3.8) is 0 Å². The first-order valence-corrected chi connectivity index (χ1v) is 9.35. The van der Waals surface area contributed by atoms with Gasteiger partial charge in [-0.15, -0.1) is 0 Å². The molecule has 0 bridgehead atoms. The van der Waals surface area contributed by atoms with Gasteiger partial charge in [0.25, 0.3) is 5.91 Å². The lowest BCUT2D eigenvalue weighted by molar-refractivity contribution is -0.131. The summed E-state index contributed by atoms with van der Waals surface area (Å²) in [5.74, 6) is -1.91. The van der Waals surface area contributed by atoms with Gasteiger partial charge in [-0.2, -0.15) is 5.10 Å². The number of amides is 2. The molecule has 7 heteroatoms. The van der Waals surface area contributed by atoms with Crippen LogP contribution in [0.3, 0.4) is 0 Å². The number of carbonyl (C=O) groups excluding carboxylic acids is 2. The van der Waals surface area contributed by atoms with Crippen LogP contribution in [0.25, 0.3) is 10.8 Å². The molecule has 0 aliphatic carbocycles. The molecule has 0 radical (unpaired) electrons. The molecule has 3 rings (SSSR count). The summed E-state index contributed by atoms with van der Waals surface area (Å²) in [6.07, 6.45) is 1.37. The molecule has 0 aliphatic rings. The van der Waals surface area contributed by atoms with Crippen LogP contribution in [-0.4, -0.2) is 23.1 Å². The Balaban J connectivity index is 1.67. The molecule has 0 saturated heterocycles. The lowest BCUT2D eigenvalue weighted by Crippen LogP contribution is -2.34. The van der Waals surface area contributed by atoms with E-state index in [1.54, 1.807) is 30.3 Å². The molecule has 28 heavy (non-hydrogen) atoms. The summed E-state index contributed by atoms with van der Waals surface area (Å²) < 4.78 is 0.723. The average Bonchev–Trinajstić information content (AvgIpc) is 2.70. The molecule has 1 unspecified atom stereocenters. The van der Waals surface area contributed by atoms with Gasteiger partial charge < -0.3 is 10.4 Å². The number of nitrogens with one attached hydrogen (secondary N) is 2. The summed E-state index contributed by atoms with van der Waals surface area (Å²) in [7, 11) is 0. The van der Waals surface area contributed by atoms with Crippen molar-refractivity contribution in [1.29, 1.82) is 0 Å². The Morgan fingerprint density at radius 1 is 1.04 bits per heavy atom. The van der Waals surface area contributed by atoms with E-state index in [9.17, 15) is 14.7 Å². The maximum absolute atomic E-state index is 12.3. The fourth-order valence-electron chi connectivity index (χ4n) is 2.60. The minimum absolute atomic E-state index is 0.0522. The highest BCUT2D eigenvalue weighted by Gasteiger charge is 2.21. The number of hydrazone groups is 1. The Hall–Kier alpha value is -3.19. The molecule has 0 fully saturated rings. The third kappa shape index (κ3) is 4.37. The van der Waals surface area contributed by atoms with E-state index in [0.29, 0.717) is 11.3 Å². The number of nitrogens with zero attached hydrogens (tertiary/aromatic N) is 1. The number of fused-ring (bicyclic) bond motifs is 1. The lowest BCUT2D eigenvalue weighted by atomic mass is 10.0. The van der Waals surface area contributed by atoms with E-state index in [1.807, 2.05) is 30.3 Å². The highest BCUT2D eigenvalue weighted by molar-refractivity contribution is 9.10. The molecule has 0 saturated carbocycles. The first-order valence-electron chi connectivity index (χ1n) is 8.56. The van der Waals surface area contributed by atoms with E-state index < -0.39 is 17.7 Å². The summed E-state index contributed by atoms with van der Waals surface area (Å²) in [6.45, 7) is 1.49. The predicted molar refractivity (Wildman–Crippen MR) is 113 cm³/mol. The zero-order valence-electron chi connectivity index (χ0n) is 15.0. The smallest absolute Gasteiger partial charge is 0.252 e. The van der Waals surface area contributed by atoms with Crippen molar-refractivity contribution < 1.29 is 14.7 Å². The van der Waals surface area contributed by atoms with Gasteiger partial charge in [-0.05, 0) is 51.8 Å². The minimum Gasteiger partial charge on any atom is -0.507 e. The van der Waals surface area contributed by atoms with E-state index in [-0.39, 0.29) is 5.75 Å². The fourth-order valence-corrected chi connectivity index (χ4v) is 2.98. The number of halogens is 1. The molecule has 0 spiro atoms. The topological polar surface area (TPSA) is 90.8 Å². The summed E-state index contributed by atoms with van der Waals surface area (Å²) in [6, 6.07) is 18.0. The number of hydrogen-bond donors (Lipinski definition) is 3. The molecule has 3 aromatic carbocycles. The maximum Gasteiger partial charge on any atom is 0.252 e. The van der Waals surface area contributed by atoms with Crippen molar-refractivity contribution in [2.24, 2.45) is 11.0 Å². The van der Waals surface area contributed by atoms with E-state index in [1.165, 1.54) is 13.1 Å². The first kappa shape index (κ1) is 19.6. The van der Waals surface area contributed by atoms with Crippen molar-refractivity contribution in [2.75, 3.05) is 5.32 Å². The third-order valence-electron chi connectivity index (χ3n) is 4.23. The van der Waals surface area contributed by atoms with Gasteiger partial charge in [-0.25, -0.2) is 5.43 Å². The second-order valence-electron chi connectivity index (χ2n) is 6.14. The molecule has 0 aromatic heterocycles. The average molecular weight is 440 g/mol. The lowest BCUT2D eigenvalue weighted by Gasteiger charge is -2.12. The summed E-state index contributed by atoms with van der Waals surface area (Å²) >= 11 is 3.34. The summed E-state index contributed by atoms with van der Waals surface area (Å²) in [4.78, 5) is 24.5. The number of benzene rings is 3.